The summed E-state index contributed by atoms with van der Waals surface area (Å²) in [7, 11) is 1.57. The first-order valence-electron chi connectivity index (χ1n) is 5.57. The van der Waals surface area contributed by atoms with Crippen LogP contribution in [-0.2, 0) is 0 Å². The van der Waals surface area contributed by atoms with Crippen LogP contribution in [0.5, 0.6) is 0 Å². The van der Waals surface area contributed by atoms with Crippen LogP contribution in [0.1, 0.15) is 24.2 Å². The van der Waals surface area contributed by atoms with Gasteiger partial charge in [-0.3, -0.25) is 10.1 Å². The standard InChI is InChI=1S/C12H16N2O5/c1-12(2,7-15)13(3)10-6-8(11(16)17)4-5-9(10)14(18)19/h4-6,15H,7H2,1-3H3,(H,16,17). The summed E-state index contributed by atoms with van der Waals surface area (Å²) in [6.45, 7) is 3.17. The van der Waals surface area contributed by atoms with Crippen molar-refractivity contribution >= 4 is 17.3 Å². The molecule has 0 aromatic heterocycles. The Balaban J connectivity index is 3.40. The van der Waals surface area contributed by atoms with Gasteiger partial charge in [0.15, 0.2) is 0 Å². The summed E-state index contributed by atoms with van der Waals surface area (Å²) in [6.07, 6.45) is 0. The van der Waals surface area contributed by atoms with Crippen LogP contribution in [0.4, 0.5) is 11.4 Å². The molecule has 2 N–H and O–H groups in total. The van der Waals surface area contributed by atoms with E-state index in [-0.39, 0.29) is 23.5 Å². The molecule has 0 radical (unpaired) electrons. The van der Waals surface area contributed by atoms with Crippen molar-refractivity contribution in [3.8, 4) is 0 Å². The highest BCUT2D eigenvalue weighted by molar-refractivity contribution is 5.90. The lowest BCUT2D eigenvalue weighted by atomic mass is 10.0. The third-order valence-electron chi connectivity index (χ3n) is 3.08. The van der Waals surface area contributed by atoms with E-state index in [1.807, 2.05) is 0 Å². The molecule has 19 heavy (non-hydrogen) atoms. The quantitative estimate of drug-likeness (QED) is 0.619. The van der Waals surface area contributed by atoms with Gasteiger partial charge < -0.3 is 15.1 Å². The van der Waals surface area contributed by atoms with Crippen LogP contribution >= 0.6 is 0 Å². The third kappa shape index (κ3) is 3.00. The monoisotopic (exact) mass is 268 g/mol. The predicted octanol–water partition coefficient (Wildman–Crippen LogP) is 1.50. The molecule has 0 saturated heterocycles. The highest BCUT2D eigenvalue weighted by Crippen LogP contribution is 2.32. The highest BCUT2D eigenvalue weighted by Gasteiger charge is 2.29. The van der Waals surface area contributed by atoms with E-state index in [4.69, 9.17) is 5.11 Å². The number of nitrogens with zero attached hydrogens (tertiary/aromatic N) is 2. The Labute approximate surface area is 110 Å². The van der Waals surface area contributed by atoms with Gasteiger partial charge in [0.25, 0.3) is 5.69 Å². The number of anilines is 1. The van der Waals surface area contributed by atoms with E-state index < -0.39 is 16.4 Å². The normalized spacial score (nSPS) is 11.2. The van der Waals surface area contributed by atoms with Crippen LogP contribution in [0.2, 0.25) is 0 Å². The van der Waals surface area contributed by atoms with E-state index in [2.05, 4.69) is 0 Å². The Morgan fingerprint density at radius 3 is 2.47 bits per heavy atom. The second kappa shape index (κ2) is 5.23. The number of benzene rings is 1. The van der Waals surface area contributed by atoms with Crippen LogP contribution in [0, 0.1) is 10.1 Å². The summed E-state index contributed by atoms with van der Waals surface area (Å²) < 4.78 is 0. The zero-order chi connectivity index (χ0) is 14.8. The van der Waals surface area contributed by atoms with Crippen molar-refractivity contribution in [3.63, 3.8) is 0 Å². The number of aliphatic hydroxyl groups is 1. The number of rotatable bonds is 5. The maximum Gasteiger partial charge on any atom is 0.335 e. The first-order chi connectivity index (χ1) is 8.70. The smallest absolute Gasteiger partial charge is 0.335 e. The average molecular weight is 268 g/mol. The fourth-order valence-corrected chi connectivity index (χ4v) is 1.51. The SMILES string of the molecule is CN(c1cc(C(=O)O)ccc1[N+](=O)[O-])C(C)(C)CO. The molecular formula is C12H16N2O5. The summed E-state index contributed by atoms with van der Waals surface area (Å²) in [5.41, 5.74) is -0.832. The van der Waals surface area contributed by atoms with Gasteiger partial charge in [-0.2, -0.15) is 0 Å². The van der Waals surface area contributed by atoms with Crippen LogP contribution in [0.15, 0.2) is 18.2 Å². The number of nitro benzene ring substituents is 1. The number of carboxylic acid groups (broad SMARTS) is 1. The molecule has 7 heteroatoms. The second-order valence-corrected chi connectivity index (χ2v) is 4.80. The van der Waals surface area contributed by atoms with Crippen LogP contribution < -0.4 is 4.90 Å². The van der Waals surface area contributed by atoms with E-state index in [9.17, 15) is 20.0 Å². The molecule has 0 heterocycles. The fourth-order valence-electron chi connectivity index (χ4n) is 1.51. The summed E-state index contributed by atoms with van der Waals surface area (Å²) in [5, 5.41) is 29.2. The molecule has 104 valence electrons. The minimum absolute atomic E-state index is 0.0406. The summed E-state index contributed by atoms with van der Waals surface area (Å²) in [6, 6.07) is 3.57. The van der Waals surface area contributed by atoms with Crippen LogP contribution in [0.3, 0.4) is 0 Å². The Hall–Kier alpha value is -2.15. The van der Waals surface area contributed by atoms with Crippen molar-refractivity contribution < 1.29 is 19.9 Å². The number of aliphatic hydroxyl groups excluding tert-OH is 1. The van der Waals surface area contributed by atoms with Gasteiger partial charge in [0.05, 0.1) is 22.6 Å². The van der Waals surface area contributed by atoms with Crippen LogP contribution in [0.25, 0.3) is 0 Å². The number of carbonyl (C=O) groups is 1. The predicted molar refractivity (Wildman–Crippen MR) is 69.6 cm³/mol. The van der Waals surface area contributed by atoms with Gasteiger partial charge in [-0.1, -0.05) is 0 Å². The van der Waals surface area contributed by atoms with Gasteiger partial charge in [-0.15, -0.1) is 0 Å². The molecule has 0 aliphatic heterocycles. The van der Waals surface area contributed by atoms with Crippen molar-refractivity contribution in [2.75, 3.05) is 18.6 Å². The largest absolute Gasteiger partial charge is 0.478 e. The average Bonchev–Trinajstić information content (AvgIpc) is 2.36. The number of carboxylic acids is 1. The number of hydrogen-bond donors (Lipinski definition) is 2. The van der Waals surface area contributed by atoms with Gasteiger partial charge in [0.2, 0.25) is 0 Å². The zero-order valence-electron chi connectivity index (χ0n) is 11.0. The topological polar surface area (TPSA) is 104 Å². The molecule has 0 saturated carbocycles. The van der Waals surface area contributed by atoms with Crippen molar-refractivity contribution in [1.82, 2.24) is 0 Å². The second-order valence-electron chi connectivity index (χ2n) is 4.80. The Morgan fingerprint density at radius 2 is 2.05 bits per heavy atom. The summed E-state index contributed by atoms with van der Waals surface area (Å²) >= 11 is 0. The first kappa shape index (κ1) is 14.9. The molecule has 0 aliphatic carbocycles. The number of hydrogen-bond acceptors (Lipinski definition) is 5. The van der Waals surface area contributed by atoms with Gasteiger partial charge in [0.1, 0.15) is 5.69 Å². The van der Waals surface area contributed by atoms with E-state index in [1.165, 1.54) is 17.0 Å². The van der Waals surface area contributed by atoms with E-state index in [0.29, 0.717) is 0 Å². The molecule has 0 aliphatic rings. The van der Waals surface area contributed by atoms with Gasteiger partial charge in [-0.05, 0) is 26.0 Å². The lowest BCUT2D eigenvalue weighted by Crippen LogP contribution is -2.44. The molecule has 1 aromatic rings. The Morgan fingerprint density at radius 1 is 1.47 bits per heavy atom. The van der Waals surface area contributed by atoms with E-state index in [1.54, 1.807) is 20.9 Å². The van der Waals surface area contributed by atoms with Crippen LogP contribution in [-0.4, -0.2) is 40.3 Å². The number of aromatic carboxylic acids is 1. The molecule has 1 rings (SSSR count). The maximum atomic E-state index is 11.0. The van der Waals surface area contributed by atoms with Crippen molar-refractivity contribution in [1.29, 1.82) is 0 Å². The molecule has 0 fully saturated rings. The van der Waals surface area contributed by atoms with Crippen molar-refractivity contribution in [2.24, 2.45) is 0 Å². The number of nitro groups is 1. The molecule has 0 bridgehead atoms. The van der Waals surface area contributed by atoms with Crippen molar-refractivity contribution in [3.05, 3.63) is 33.9 Å². The fraction of sp³-hybridized carbons (Fsp3) is 0.417. The lowest BCUT2D eigenvalue weighted by Gasteiger charge is -2.35. The van der Waals surface area contributed by atoms with E-state index >= 15 is 0 Å². The highest BCUT2D eigenvalue weighted by atomic mass is 16.6. The lowest BCUT2D eigenvalue weighted by molar-refractivity contribution is -0.384. The minimum Gasteiger partial charge on any atom is -0.478 e. The molecule has 0 unspecified atom stereocenters. The van der Waals surface area contributed by atoms with E-state index in [0.717, 1.165) is 6.07 Å². The first-order valence-corrected chi connectivity index (χ1v) is 5.57. The number of likely N-dealkylation sites (N-methyl/N-ethyl adjacent to an activating group) is 1. The molecule has 0 atom stereocenters. The Bertz CT molecular complexity index is 513. The van der Waals surface area contributed by atoms with Gasteiger partial charge >= 0.3 is 5.97 Å². The van der Waals surface area contributed by atoms with Gasteiger partial charge in [0, 0.05) is 13.1 Å². The molecule has 0 amide bonds. The van der Waals surface area contributed by atoms with Gasteiger partial charge in [-0.25, -0.2) is 4.79 Å². The molecule has 1 aromatic carbocycles. The molecule has 7 nitrogen and oxygen atoms in total. The Kier molecular flexibility index (Phi) is 4.10. The zero-order valence-corrected chi connectivity index (χ0v) is 11.0. The maximum absolute atomic E-state index is 11.0. The van der Waals surface area contributed by atoms with Crippen molar-refractivity contribution in [2.45, 2.75) is 19.4 Å². The summed E-state index contributed by atoms with van der Waals surface area (Å²) in [5.74, 6) is -1.16. The minimum atomic E-state index is -1.16. The third-order valence-corrected chi connectivity index (χ3v) is 3.08. The summed E-state index contributed by atoms with van der Waals surface area (Å²) in [4.78, 5) is 22.8. The molecular weight excluding hydrogens is 252 g/mol. The molecule has 0 spiro atoms.